The van der Waals surface area contributed by atoms with Crippen molar-refractivity contribution in [2.75, 3.05) is 24.1 Å². The van der Waals surface area contributed by atoms with Crippen LogP contribution in [0.3, 0.4) is 0 Å². The van der Waals surface area contributed by atoms with Gasteiger partial charge in [-0.3, -0.25) is 20.0 Å². The van der Waals surface area contributed by atoms with Crippen molar-refractivity contribution in [2.24, 2.45) is 10.2 Å². The molecule has 0 aromatic carbocycles. The van der Waals surface area contributed by atoms with Crippen LogP contribution in [-0.2, 0) is 0 Å². The fourth-order valence-corrected chi connectivity index (χ4v) is 2.25. The van der Waals surface area contributed by atoms with Crippen molar-refractivity contribution in [1.82, 2.24) is 19.9 Å². The fourth-order valence-electron chi connectivity index (χ4n) is 2.25. The summed E-state index contributed by atoms with van der Waals surface area (Å²) in [6.07, 6.45) is 6.63. The van der Waals surface area contributed by atoms with Crippen molar-refractivity contribution >= 4 is 23.6 Å². The standard InChI is InChI=1S/C19H20N8/c1-15(17-9-5-7-11-21-17)25-27(3)19-12-18(22-14-23-19)26(2)24-13-16-8-4-6-10-20-16/h4-14H,1-3H3/b24-13+,25-15+. The molecular formula is C19H20N8. The van der Waals surface area contributed by atoms with Crippen molar-refractivity contribution in [3.63, 3.8) is 0 Å². The third kappa shape index (κ3) is 4.91. The number of aromatic nitrogens is 4. The molecule has 0 radical (unpaired) electrons. The van der Waals surface area contributed by atoms with E-state index in [4.69, 9.17) is 0 Å². The van der Waals surface area contributed by atoms with Gasteiger partial charge in [0.2, 0.25) is 0 Å². The smallest absolute Gasteiger partial charge is 0.154 e. The molecule has 3 heterocycles. The monoisotopic (exact) mass is 360 g/mol. The molecule has 0 amide bonds. The molecule has 3 aromatic heterocycles. The van der Waals surface area contributed by atoms with Crippen LogP contribution in [0, 0.1) is 0 Å². The van der Waals surface area contributed by atoms with E-state index in [0.717, 1.165) is 17.1 Å². The molecule has 0 unspecified atom stereocenters. The van der Waals surface area contributed by atoms with Gasteiger partial charge in [0.1, 0.15) is 6.33 Å². The summed E-state index contributed by atoms with van der Waals surface area (Å²) in [6, 6.07) is 13.2. The first-order valence-electron chi connectivity index (χ1n) is 8.34. The SMILES string of the molecule is C/C(=N\N(C)c1cc(N(C)/N=C/c2ccccn2)ncn1)c1ccccn1. The zero-order valence-corrected chi connectivity index (χ0v) is 15.4. The molecule has 0 saturated carbocycles. The second-order valence-corrected chi connectivity index (χ2v) is 5.68. The van der Waals surface area contributed by atoms with Gasteiger partial charge in [-0.2, -0.15) is 10.2 Å². The number of pyridine rings is 2. The lowest BCUT2D eigenvalue weighted by molar-refractivity contribution is 0.927. The van der Waals surface area contributed by atoms with E-state index in [-0.39, 0.29) is 0 Å². The van der Waals surface area contributed by atoms with E-state index in [9.17, 15) is 0 Å². The van der Waals surface area contributed by atoms with Crippen LogP contribution in [0.2, 0.25) is 0 Å². The highest BCUT2D eigenvalue weighted by atomic mass is 15.5. The van der Waals surface area contributed by atoms with Gasteiger partial charge in [-0.15, -0.1) is 0 Å². The molecule has 0 aliphatic carbocycles. The van der Waals surface area contributed by atoms with E-state index < -0.39 is 0 Å². The van der Waals surface area contributed by atoms with Gasteiger partial charge in [-0.25, -0.2) is 9.97 Å². The Morgan fingerprint density at radius 3 is 2.26 bits per heavy atom. The molecule has 27 heavy (non-hydrogen) atoms. The lowest BCUT2D eigenvalue weighted by atomic mass is 10.3. The van der Waals surface area contributed by atoms with Crippen LogP contribution >= 0.6 is 0 Å². The second kappa shape index (κ2) is 8.61. The minimum Gasteiger partial charge on any atom is -0.255 e. The summed E-state index contributed by atoms with van der Waals surface area (Å²) >= 11 is 0. The quantitative estimate of drug-likeness (QED) is 0.496. The van der Waals surface area contributed by atoms with Crippen LogP contribution in [0.4, 0.5) is 11.6 Å². The molecule has 0 N–H and O–H groups in total. The number of hydrazone groups is 2. The Bertz CT molecular complexity index is 925. The van der Waals surface area contributed by atoms with E-state index in [1.165, 1.54) is 6.33 Å². The molecule has 136 valence electrons. The van der Waals surface area contributed by atoms with Gasteiger partial charge >= 0.3 is 0 Å². The van der Waals surface area contributed by atoms with Gasteiger partial charge in [-0.05, 0) is 31.2 Å². The minimum atomic E-state index is 0.643. The van der Waals surface area contributed by atoms with Gasteiger partial charge in [0.25, 0.3) is 0 Å². The Labute approximate surface area is 157 Å². The van der Waals surface area contributed by atoms with Gasteiger partial charge in [0.15, 0.2) is 11.6 Å². The van der Waals surface area contributed by atoms with E-state index in [0.29, 0.717) is 11.6 Å². The van der Waals surface area contributed by atoms with Crippen molar-refractivity contribution in [2.45, 2.75) is 6.92 Å². The van der Waals surface area contributed by atoms with Crippen LogP contribution in [-0.4, -0.2) is 46.0 Å². The maximum atomic E-state index is 4.54. The first-order valence-corrected chi connectivity index (χ1v) is 8.34. The average Bonchev–Trinajstić information content (AvgIpc) is 2.73. The lowest BCUT2D eigenvalue weighted by Gasteiger charge is -2.16. The summed E-state index contributed by atoms with van der Waals surface area (Å²) in [5, 5.41) is 12.2. The van der Waals surface area contributed by atoms with Gasteiger partial charge < -0.3 is 0 Å². The molecule has 3 aromatic rings. The van der Waals surface area contributed by atoms with Crippen LogP contribution < -0.4 is 10.0 Å². The van der Waals surface area contributed by atoms with E-state index in [1.807, 2.05) is 63.5 Å². The molecule has 0 aliphatic heterocycles. The fraction of sp³-hybridized carbons (Fsp3) is 0.158. The zero-order valence-electron chi connectivity index (χ0n) is 15.4. The van der Waals surface area contributed by atoms with Gasteiger partial charge in [0.05, 0.1) is 23.3 Å². The molecule has 0 atom stereocenters. The summed E-state index contributed by atoms with van der Waals surface area (Å²) in [5.74, 6) is 1.29. The molecule has 0 bridgehead atoms. The largest absolute Gasteiger partial charge is 0.255 e. The molecule has 3 rings (SSSR count). The first-order chi connectivity index (χ1) is 13.1. The summed E-state index contributed by atoms with van der Waals surface area (Å²) in [6.45, 7) is 1.91. The highest BCUT2D eigenvalue weighted by Crippen LogP contribution is 2.16. The first kappa shape index (κ1) is 18.1. The molecule has 8 heteroatoms. The van der Waals surface area contributed by atoms with E-state index in [1.54, 1.807) is 28.6 Å². The molecule has 0 aliphatic rings. The number of rotatable bonds is 6. The number of hydrogen-bond donors (Lipinski definition) is 0. The van der Waals surface area contributed by atoms with E-state index >= 15 is 0 Å². The Hall–Kier alpha value is -3.68. The maximum absolute atomic E-state index is 4.54. The van der Waals surface area contributed by atoms with Crippen LogP contribution in [0.5, 0.6) is 0 Å². The van der Waals surface area contributed by atoms with Crippen LogP contribution in [0.1, 0.15) is 18.3 Å². The van der Waals surface area contributed by atoms with Crippen molar-refractivity contribution in [3.05, 3.63) is 72.6 Å². The predicted molar refractivity (Wildman–Crippen MR) is 107 cm³/mol. The molecule has 8 nitrogen and oxygen atoms in total. The Morgan fingerprint density at radius 2 is 1.59 bits per heavy atom. The molecule has 0 spiro atoms. The molecule has 0 saturated heterocycles. The number of anilines is 2. The number of hydrogen-bond acceptors (Lipinski definition) is 8. The normalized spacial score (nSPS) is 11.6. The maximum Gasteiger partial charge on any atom is 0.154 e. The van der Waals surface area contributed by atoms with Crippen LogP contribution in [0.25, 0.3) is 0 Å². The lowest BCUT2D eigenvalue weighted by Crippen LogP contribution is -2.16. The van der Waals surface area contributed by atoms with Crippen LogP contribution in [0.15, 0.2) is 71.4 Å². The van der Waals surface area contributed by atoms with Gasteiger partial charge in [0, 0.05) is 32.6 Å². The third-order valence-electron chi connectivity index (χ3n) is 3.69. The van der Waals surface area contributed by atoms with Gasteiger partial charge in [-0.1, -0.05) is 12.1 Å². The summed E-state index contributed by atoms with van der Waals surface area (Å²) < 4.78 is 0. The minimum absolute atomic E-state index is 0.643. The highest BCUT2D eigenvalue weighted by molar-refractivity contribution is 5.97. The summed E-state index contributed by atoms with van der Waals surface area (Å²) in [4.78, 5) is 17.1. The number of nitrogens with zero attached hydrogens (tertiary/aromatic N) is 8. The Morgan fingerprint density at radius 1 is 0.889 bits per heavy atom. The highest BCUT2D eigenvalue weighted by Gasteiger charge is 2.08. The Balaban J connectivity index is 1.75. The topological polar surface area (TPSA) is 82.8 Å². The predicted octanol–water partition coefficient (Wildman–Crippen LogP) is 2.60. The molecule has 0 fully saturated rings. The Kier molecular flexibility index (Phi) is 5.78. The third-order valence-corrected chi connectivity index (χ3v) is 3.69. The second-order valence-electron chi connectivity index (χ2n) is 5.68. The zero-order chi connectivity index (χ0) is 19.1. The van der Waals surface area contributed by atoms with E-state index in [2.05, 4.69) is 30.1 Å². The summed E-state index contributed by atoms with van der Waals surface area (Å²) in [5.41, 5.74) is 2.38. The van der Waals surface area contributed by atoms with Crippen molar-refractivity contribution < 1.29 is 0 Å². The molecular weight excluding hydrogens is 340 g/mol. The summed E-state index contributed by atoms with van der Waals surface area (Å²) in [7, 11) is 3.64. The van der Waals surface area contributed by atoms with Crippen molar-refractivity contribution in [3.8, 4) is 0 Å². The average molecular weight is 360 g/mol. The van der Waals surface area contributed by atoms with Crippen molar-refractivity contribution in [1.29, 1.82) is 0 Å².